The van der Waals surface area contributed by atoms with Crippen molar-refractivity contribution in [2.75, 3.05) is 24.6 Å². The van der Waals surface area contributed by atoms with E-state index in [9.17, 15) is 13.6 Å². The molecule has 3 heterocycles. The van der Waals surface area contributed by atoms with Crippen LogP contribution >= 0.6 is 0 Å². The van der Waals surface area contributed by atoms with Crippen molar-refractivity contribution >= 4 is 22.8 Å². The van der Waals surface area contributed by atoms with Gasteiger partial charge in [-0.1, -0.05) is 6.92 Å². The molecule has 9 heteroatoms. The van der Waals surface area contributed by atoms with Crippen LogP contribution < -0.4 is 10.2 Å². The van der Waals surface area contributed by atoms with E-state index < -0.39 is 17.9 Å². The molecule has 1 saturated heterocycles. The number of pyridine rings is 1. The van der Waals surface area contributed by atoms with E-state index in [1.807, 2.05) is 4.90 Å². The monoisotopic (exact) mass is 403 g/mol. The lowest BCUT2D eigenvalue weighted by Crippen LogP contribution is -2.36. The summed E-state index contributed by atoms with van der Waals surface area (Å²) in [5.41, 5.74) is 1.28. The van der Waals surface area contributed by atoms with Gasteiger partial charge < -0.3 is 15.3 Å². The Labute approximate surface area is 166 Å². The molecule has 2 aromatic rings. The zero-order valence-electron chi connectivity index (χ0n) is 16.0. The molecule has 0 saturated carbocycles. The van der Waals surface area contributed by atoms with Gasteiger partial charge in [0.25, 0.3) is 5.91 Å². The summed E-state index contributed by atoms with van der Waals surface area (Å²) in [7, 11) is 0. The van der Waals surface area contributed by atoms with Gasteiger partial charge in [-0.2, -0.15) is 5.10 Å². The average Bonchev–Trinajstić information content (AvgIpc) is 3.34. The van der Waals surface area contributed by atoms with Gasteiger partial charge in [-0.15, -0.1) is 0 Å². The van der Waals surface area contributed by atoms with E-state index in [0.717, 1.165) is 6.42 Å². The normalized spacial score (nSPS) is 24.6. The number of carbonyl (C=O) groups excluding carboxylic acids is 1. The molecule has 4 rings (SSSR count). The molecule has 1 aliphatic carbocycles. The molecule has 7 nitrogen and oxygen atoms in total. The number of allylic oxidation sites excluding steroid dienone is 3. The topological polar surface area (TPSA) is 94.1 Å². The lowest BCUT2D eigenvalue weighted by atomic mass is 9.87. The van der Waals surface area contributed by atoms with Crippen LogP contribution in [0.25, 0.3) is 11.0 Å². The Bertz CT molecular complexity index is 986. The number of hydrogen-bond acceptors (Lipinski definition) is 5. The number of nitrogens with one attached hydrogen (secondary N) is 2. The minimum absolute atomic E-state index is 0.145. The number of aliphatic hydroxyl groups is 1. The number of anilines is 1. The number of amides is 1. The number of H-pyrrole nitrogens is 1. The molecule has 0 spiro atoms. The number of aromatic nitrogens is 3. The first-order chi connectivity index (χ1) is 14.0. The molecule has 0 bridgehead atoms. The first-order valence-electron chi connectivity index (χ1n) is 9.72. The maximum absolute atomic E-state index is 14.9. The first kappa shape index (κ1) is 19.5. The molecule has 2 aliphatic rings. The standard InChI is InChI=1S/C20H23F2N5O2/c1-11-7-13(21)9-14(17(11)22)16-3-2-5-27(16)19-15-8-12(20(29)23-4-6-28)10-24-18(15)25-26-19/h7-11,16-17,28H,2-6H2,1H3,(H,23,29)(H,24,25,26)/t11?,16-,17?/m1/s1. The van der Waals surface area contributed by atoms with Crippen molar-refractivity contribution in [3.8, 4) is 0 Å². The van der Waals surface area contributed by atoms with Crippen molar-refractivity contribution in [2.24, 2.45) is 5.92 Å². The van der Waals surface area contributed by atoms with Crippen molar-refractivity contribution in [2.45, 2.75) is 32.0 Å². The highest BCUT2D eigenvalue weighted by Gasteiger charge is 2.37. The molecular weight excluding hydrogens is 380 g/mol. The Morgan fingerprint density at radius 3 is 3.10 bits per heavy atom. The maximum Gasteiger partial charge on any atom is 0.252 e. The van der Waals surface area contributed by atoms with Crippen LogP contribution in [0.15, 0.2) is 35.8 Å². The third kappa shape index (κ3) is 3.62. The molecule has 0 radical (unpaired) electrons. The van der Waals surface area contributed by atoms with E-state index in [0.29, 0.717) is 41.0 Å². The zero-order chi connectivity index (χ0) is 20.5. The number of halogens is 2. The second-order valence-corrected chi connectivity index (χ2v) is 7.46. The SMILES string of the molecule is CC1C=C(F)C=C([C@H]2CCCN2c2n[nH]c3ncc(C(=O)NCCO)cc23)C1F. The van der Waals surface area contributed by atoms with E-state index >= 15 is 0 Å². The molecule has 1 fully saturated rings. The smallest absolute Gasteiger partial charge is 0.252 e. The quantitative estimate of drug-likeness (QED) is 0.713. The van der Waals surface area contributed by atoms with Gasteiger partial charge >= 0.3 is 0 Å². The molecular formula is C20H23F2N5O2. The van der Waals surface area contributed by atoms with Gasteiger partial charge in [-0.3, -0.25) is 9.89 Å². The highest BCUT2D eigenvalue weighted by molar-refractivity contribution is 5.99. The number of alkyl halides is 1. The van der Waals surface area contributed by atoms with Crippen LogP contribution in [0.3, 0.4) is 0 Å². The summed E-state index contributed by atoms with van der Waals surface area (Å²) in [5, 5.41) is 19.3. The van der Waals surface area contributed by atoms with E-state index in [-0.39, 0.29) is 25.1 Å². The highest BCUT2D eigenvalue weighted by Crippen LogP contribution is 2.38. The van der Waals surface area contributed by atoms with Crippen LogP contribution in [-0.2, 0) is 0 Å². The summed E-state index contributed by atoms with van der Waals surface area (Å²) in [5.74, 6) is -0.706. The van der Waals surface area contributed by atoms with Crippen LogP contribution in [0.5, 0.6) is 0 Å². The lowest BCUT2D eigenvalue weighted by Gasteiger charge is -2.31. The third-order valence-electron chi connectivity index (χ3n) is 5.47. The van der Waals surface area contributed by atoms with Crippen LogP contribution in [0.4, 0.5) is 14.6 Å². The van der Waals surface area contributed by atoms with Gasteiger partial charge in [0.1, 0.15) is 12.0 Å². The largest absolute Gasteiger partial charge is 0.395 e. The van der Waals surface area contributed by atoms with E-state index in [4.69, 9.17) is 5.11 Å². The second-order valence-electron chi connectivity index (χ2n) is 7.46. The molecule has 154 valence electrons. The van der Waals surface area contributed by atoms with Crippen molar-refractivity contribution in [1.82, 2.24) is 20.5 Å². The summed E-state index contributed by atoms with van der Waals surface area (Å²) < 4.78 is 28.8. The number of aliphatic hydroxyl groups excluding tert-OH is 1. The fraction of sp³-hybridized carbons (Fsp3) is 0.450. The van der Waals surface area contributed by atoms with Gasteiger partial charge in [0.2, 0.25) is 0 Å². The molecule has 3 N–H and O–H groups in total. The lowest BCUT2D eigenvalue weighted by molar-refractivity contribution is 0.0944. The van der Waals surface area contributed by atoms with Gasteiger partial charge in [-0.25, -0.2) is 13.8 Å². The summed E-state index contributed by atoms with van der Waals surface area (Å²) in [6, 6.07) is 1.37. The summed E-state index contributed by atoms with van der Waals surface area (Å²) >= 11 is 0. The number of hydrogen-bond donors (Lipinski definition) is 3. The van der Waals surface area contributed by atoms with Crippen LogP contribution in [0.1, 0.15) is 30.1 Å². The van der Waals surface area contributed by atoms with Crippen LogP contribution in [0.2, 0.25) is 0 Å². The van der Waals surface area contributed by atoms with Gasteiger partial charge in [0, 0.05) is 25.2 Å². The van der Waals surface area contributed by atoms with Crippen molar-refractivity contribution < 1.29 is 18.7 Å². The van der Waals surface area contributed by atoms with Crippen LogP contribution in [-0.4, -0.2) is 58.1 Å². The average molecular weight is 403 g/mol. The van der Waals surface area contributed by atoms with Crippen molar-refractivity contribution in [3.63, 3.8) is 0 Å². The Morgan fingerprint density at radius 1 is 1.48 bits per heavy atom. The zero-order valence-corrected chi connectivity index (χ0v) is 16.0. The molecule has 2 unspecified atom stereocenters. The number of carbonyl (C=O) groups is 1. The summed E-state index contributed by atoms with van der Waals surface area (Å²) in [4.78, 5) is 18.4. The number of rotatable bonds is 5. The maximum atomic E-state index is 14.9. The van der Waals surface area contributed by atoms with E-state index in [1.54, 1.807) is 13.0 Å². The van der Waals surface area contributed by atoms with Gasteiger partial charge in [0.05, 0.1) is 23.6 Å². The second kappa shape index (κ2) is 7.90. The predicted molar refractivity (Wildman–Crippen MR) is 105 cm³/mol. The fourth-order valence-electron chi connectivity index (χ4n) is 4.08. The minimum atomic E-state index is -1.25. The van der Waals surface area contributed by atoms with Crippen LogP contribution in [0, 0.1) is 5.92 Å². The molecule has 1 amide bonds. The molecule has 29 heavy (non-hydrogen) atoms. The summed E-state index contributed by atoms with van der Waals surface area (Å²) in [6.07, 6.45) is 4.31. The Morgan fingerprint density at radius 2 is 2.31 bits per heavy atom. The summed E-state index contributed by atoms with van der Waals surface area (Å²) in [6.45, 7) is 2.31. The Balaban J connectivity index is 1.68. The van der Waals surface area contributed by atoms with E-state index in [1.165, 1.54) is 18.3 Å². The van der Waals surface area contributed by atoms with Gasteiger partial charge in [-0.05, 0) is 36.6 Å². The number of nitrogens with zero attached hydrogens (tertiary/aromatic N) is 3. The Kier molecular flexibility index (Phi) is 5.31. The number of aromatic amines is 1. The molecule has 3 atom stereocenters. The highest BCUT2D eigenvalue weighted by atomic mass is 19.1. The minimum Gasteiger partial charge on any atom is -0.395 e. The molecule has 2 aromatic heterocycles. The fourth-order valence-corrected chi connectivity index (χ4v) is 4.08. The molecule has 1 aliphatic heterocycles. The van der Waals surface area contributed by atoms with E-state index in [2.05, 4.69) is 20.5 Å². The predicted octanol–water partition coefficient (Wildman–Crippen LogP) is 2.42. The third-order valence-corrected chi connectivity index (χ3v) is 5.47. The first-order valence-corrected chi connectivity index (χ1v) is 9.72. The molecule has 0 aromatic carbocycles. The van der Waals surface area contributed by atoms with Crippen molar-refractivity contribution in [3.05, 3.63) is 41.4 Å². The van der Waals surface area contributed by atoms with Crippen molar-refractivity contribution in [1.29, 1.82) is 0 Å². The Hall–Kier alpha value is -2.81. The van der Waals surface area contributed by atoms with Gasteiger partial charge in [0.15, 0.2) is 11.5 Å². The number of fused-ring (bicyclic) bond motifs is 1.